The van der Waals surface area contributed by atoms with Gasteiger partial charge in [-0.3, -0.25) is 4.90 Å². The van der Waals surface area contributed by atoms with Crippen molar-refractivity contribution >= 4 is 16.1 Å². The van der Waals surface area contributed by atoms with Crippen molar-refractivity contribution in [3.63, 3.8) is 0 Å². The summed E-state index contributed by atoms with van der Waals surface area (Å²) in [6.45, 7) is 3.26. The van der Waals surface area contributed by atoms with Crippen LogP contribution < -0.4 is 4.72 Å². The van der Waals surface area contributed by atoms with Crippen LogP contribution in [-0.4, -0.2) is 52.7 Å². The van der Waals surface area contributed by atoms with Crippen molar-refractivity contribution in [2.45, 2.75) is 18.9 Å². The number of sulfonamides is 1. The molecule has 1 saturated heterocycles. The lowest BCUT2D eigenvalue weighted by atomic mass is 10.1. The van der Waals surface area contributed by atoms with E-state index in [1.54, 1.807) is 13.2 Å². The molecule has 1 aromatic rings. The fourth-order valence-corrected chi connectivity index (χ4v) is 3.65. The molecule has 1 fully saturated rings. The summed E-state index contributed by atoms with van der Waals surface area (Å²) >= 11 is 0. The Morgan fingerprint density at radius 3 is 2.86 bits per heavy atom. The van der Waals surface area contributed by atoms with Crippen LogP contribution in [0.2, 0.25) is 0 Å². The summed E-state index contributed by atoms with van der Waals surface area (Å²) in [5.41, 5.74) is 0.873. The van der Waals surface area contributed by atoms with Gasteiger partial charge in [-0.05, 0) is 31.0 Å². The number of piperidine rings is 1. The maximum absolute atomic E-state index is 12.2. The molecular weight excluding hydrogens is 300 g/mol. The van der Waals surface area contributed by atoms with E-state index < -0.39 is 10.0 Å². The van der Waals surface area contributed by atoms with Crippen LogP contribution in [0.3, 0.4) is 0 Å². The molecule has 1 atom stereocenters. The maximum Gasteiger partial charge on any atom is 0.234 e. The quantitative estimate of drug-likeness (QED) is 0.829. The molecule has 0 unspecified atom stereocenters. The van der Waals surface area contributed by atoms with Gasteiger partial charge >= 0.3 is 0 Å². The predicted octanol–water partition coefficient (Wildman–Crippen LogP) is 1.69. The number of nitrogens with zero attached hydrogens (tertiary/aromatic N) is 1. The van der Waals surface area contributed by atoms with Crippen molar-refractivity contribution in [1.82, 2.24) is 9.62 Å². The predicted molar refractivity (Wildman–Crippen MR) is 88.9 cm³/mol. The number of hydrogen-bond acceptors (Lipinski definition) is 4. The average Bonchev–Trinajstić information content (AvgIpc) is 2.52. The summed E-state index contributed by atoms with van der Waals surface area (Å²) in [5.74, 6) is 0. The highest BCUT2D eigenvalue weighted by Gasteiger charge is 2.22. The summed E-state index contributed by atoms with van der Waals surface area (Å²) in [6, 6.07) is 9.39. The molecule has 122 valence electrons. The first-order valence-electron chi connectivity index (χ1n) is 7.56. The third-order valence-electron chi connectivity index (χ3n) is 3.69. The summed E-state index contributed by atoms with van der Waals surface area (Å²) in [7, 11) is -1.73. The first kappa shape index (κ1) is 17.1. The fourth-order valence-electron chi connectivity index (χ4n) is 2.58. The van der Waals surface area contributed by atoms with E-state index in [1.807, 2.05) is 30.3 Å². The van der Waals surface area contributed by atoms with E-state index in [4.69, 9.17) is 4.74 Å². The van der Waals surface area contributed by atoms with Crippen molar-refractivity contribution in [3.05, 3.63) is 41.3 Å². The van der Waals surface area contributed by atoms with Crippen LogP contribution in [0.25, 0.3) is 6.08 Å². The maximum atomic E-state index is 12.2. The Morgan fingerprint density at radius 1 is 1.36 bits per heavy atom. The number of ether oxygens (including phenoxy) is 1. The van der Waals surface area contributed by atoms with Gasteiger partial charge in [-0.25, -0.2) is 13.1 Å². The summed E-state index contributed by atoms with van der Waals surface area (Å²) < 4.78 is 32.2. The second-order valence-corrected chi connectivity index (χ2v) is 7.11. The SMILES string of the molecule is COCCN1CCC[C@H](NS(=O)(=O)/C=C\c2ccccc2)C1. The molecule has 2 rings (SSSR count). The van der Waals surface area contributed by atoms with Crippen molar-refractivity contribution in [1.29, 1.82) is 0 Å². The van der Waals surface area contributed by atoms with Gasteiger partial charge in [-0.1, -0.05) is 30.3 Å². The topological polar surface area (TPSA) is 58.6 Å². The normalized spacial score (nSPS) is 20.5. The highest BCUT2D eigenvalue weighted by molar-refractivity contribution is 7.92. The minimum absolute atomic E-state index is 0.0315. The van der Waals surface area contributed by atoms with Crippen LogP contribution in [0.5, 0.6) is 0 Å². The zero-order valence-corrected chi connectivity index (χ0v) is 13.8. The molecule has 1 aliphatic heterocycles. The van der Waals surface area contributed by atoms with Crippen molar-refractivity contribution in [3.8, 4) is 0 Å². The van der Waals surface area contributed by atoms with E-state index in [1.165, 1.54) is 5.41 Å². The summed E-state index contributed by atoms with van der Waals surface area (Å²) in [5, 5.41) is 1.25. The average molecular weight is 324 g/mol. The van der Waals surface area contributed by atoms with Crippen LogP contribution >= 0.6 is 0 Å². The number of hydrogen-bond donors (Lipinski definition) is 1. The van der Waals surface area contributed by atoms with Crippen LogP contribution in [0.1, 0.15) is 18.4 Å². The van der Waals surface area contributed by atoms with E-state index in [-0.39, 0.29) is 6.04 Å². The highest BCUT2D eigenvalue weighted by Crippen LogP contribution is 2.11. The Balaban J connectivity index is 1.89. The molecule has 1 heterocycles. The van der Waals surface area contributed by atoms with Crippen molar-refractivity contribution in [2.75, 3.05) is 33.4 Å². The van der Waals surface area contributed by atoms with Gasteiger partial charge in [0.15, 0.2) is 0 Å². The number of rotatable bonds is 7. The van der Waals surface area contributed by atoms with Crippen LogP contribution in [0.4, 0.5) is 0 Å². The molecule has 6 heteroatoms. The number of nitrogens with one attached hydrogen (secondary N) is 1. The molecule has 22 heavy (non-hydrogen) atoms. The first-order valence-corrected chi connectivity index (χ1v) is 9.10. The van der Waals surface area contributed by atoms with Gasteiger partial charge in [0, 0.05) is 31.6 Å². The molecule has 1 aromatic carbocycles. The molecule has 1 aliphatic rings. The third-order valence-corrected chi connectivity index (χ3v) is 4.84. The van der Waals surface area contributed by atoms with Gasteiger partial charge < -0.3 is 4.74 Å². The molecule has 0 saturated carbocycles. The smallest absolute Gasteiger partial charge is 0.234 e. The minimum atomic E-state index is -3.41. The lowest BCUT2D eigenvalue weighted by Crippen LogP contribution is -2.47. The third kappa shape index (κ3) is 5.88. The molecule has 0 radical (unpaired) electrons. The van der Waals surface area contributed by atoms with Crippen molar-refractivity contribution in [2.24, 2.45) is 0 Å². The minimum Gasteiger partial charge on any atom is -0.383 e. The monoisotopic (exact) mass is 324 g/mol. The van der Waals surface area contributed by atoms with E-state index in [9.17, 15) is 8.42 Å². The lowest BCUT2D eigenvalue weighted by Gasteiger charge is -2.32. The molecule has 5 nitrogen and oxygen atoms in total. The molecule has 0 aliphatic carbocycles. The Morgan fingerprint density at radius 2 is 2.14 bits per heavy atom. The standard InChI is InChI=1S/C16H24N2O3S/c1-21-12-11-18-10-5-8-16(14-18)17-22(19,20)13-9-15-6-3-2-4-7-15/h2-4,6-7,9,13,16-17H,5,8,10-12,14H2,1H3/b13-9-/t16-/m0/s1. The largest absolute Gasteiger partial charge is 0.383 e. The van der Waals surface area contributed by atoms with E-state index in [0.717, 1.165) is 38.0 Å². The Bertz CT molecular complexity index is 572. The fraction of sp³-hybridized carbons (Fsp3) is 0.500. The van der Waals surface area contributed by atoms with Crippen LogP contribution in [-0.2, 0) is 14.8 Å². The van der Waals surface area contributed by atoms with E-state index >= 15 is 0 Å². The van der Waals surface area contributed by atoms with E-state index in [2.05, 4.69) is 9.62 Å². The number of methoxy groups -OCH3 is 1. The van der Waals surface area contributed by atoms with Gasteiger partial charge in [-0.2, -0.15) is 0 Å². The first-order chi connectivity index (χ1) is 10.6. The van der Waals surface area contributed by atoms with Gasteiger partial charge in [0.1, 0.15) is 0 Å². The molecule has 0 amide bonds. The Labute approximate surface area is 133 Å². The summed E-state index contributed by atoms with van der Waals surface area (Å²) in [6.07, 6.45) is 3.50. The Kier molecular flexibility index (Phi) is 6.57. The zero-order valence-electron chi connectivity index (χ0n) is 12.9. The second kappa shape index (κ2) is 8.43. The summed E-state index contributed by atoms with van der Waals surface area (Å²) in [4.78, 5) is 2.24. The molecule has 0 aromatic heterocycles. The highest BCUT2D eigenvalue weighted by atomic mass is 32.2. The number of likely N-dealkylation sites (tertiary alicyclic amines) is 1. The zero-order chi connectivity index (χ0) is 15.8. The van der Waals surface area contributed by atoms with Crippen molar-refractivity contribution < 1.29 is 13.2 Å². The second-order valence-electron chi connectivity index (χ2n) is 5.51. The molecule has 0 bridgehead atoms. The van der Waals surface area contributed by atoms with Crippen LogP contribution in [0.15, 0.2) is 35.7 Å². The van der Waals surface area contributed by atoms with Gasteiger partial charge in [0.05, 0.1) is 6.61 Å². The van der Waals surface area contributed by atoms with Gasteiger partial charge in [-0.15, -0.1) is 0 Å². The van der Waals surface area contributed by atoms with Gasteiger partial charge in [0.2, 0.25) is 10.0 Å². The van der Waals surface area contributed by atoms with Gasteiger partial charge in [0.25, 0.3) is 0 Å². The Hall–Kier alpha value is -1.21. The molecule has 1 N–H and O–H groups in total. The molecular formula is C16H24N2O3S. The lowest BCUT2D eigenvalue weighted by molar-refractivity contribution is 0.126. The van der Waals surface area contributed by atoms with Crippen LogP contribution in [0, 0.1) is 0 Å². The number of benzene rings is 1. The van der Waals surface area contributed by atoms with E-state index in [0.29, 0.717) is 6.61 Å². The molecule has 0 spiro atoms.